The van der Waals surface area contributed by atoms with Gasteiger partial charge in [0, 0.05) is 25.8 Å². The average molecular weight is 328 g/mol. The molecule has 1 aliphatic rings. The van der Waals surface area contributed by atoms with Crippen LogP contribution >= 0.6 is 15.9 Å². The second-order valence-electron chi connectivity index (χ2n) is 4.94. The Kier molecular flexibility index (Phi) is 4.82. The van der Waals surface area contributed by atoms with Crippen molar-refractivity contribution in [3.05, 3.63) is 28.2 Å². The van der Waals surface area contributed by atoms with Gasteiger partial charge < -0.3 is 14.7 Å². The fourth-order valence-electron chi connectivity index (χ4n) is 2.29. The lowest BCUT2D eigenvalue weighted by atomic mass is 10.0. The maximum Gasteiger partial charge on any atom is 0.253 e. The van der Waals surface area contributed by atoms with Gasteiger partial charge in [0.2, 0.25) is 0 Å². The second-order valence-corrected chi connectivity index (χ2v) is 5.79. The summed E-state index contributed by atoms with van der Waals surface area (Å²) in [6.45, 7) is 2.24. The molecule has 4 nitrogen and oxygen atoms in total. The van der Waals surface area contributed by atoms with Gasteiger partial charge >= 0.3 is 0 Å². The number of carbonyl (C=O) groups is 1. The lowest BCUT2D eigenvalue weighted by Crippen LogP contribution is -2.35. The summed E-state index contributed by atoms with van der Waals surface area (Å²) in [6, 6.07) is 4.88. The van der Waals surface area contributed by atoms with Crippen LogP contribution in [0, 0.1) is 5.92 Å². The van der Waals surface area contributed by atoms with Crippen molar-refractivity contribution in [2.24, 2.45) is 5.92 Å². The van der Waals surface area contributed by atoms with Crippen molar-refractivity contribution in [2.75, 3.05) is 26.8 Å². The number of benzene rings is 1. The molecule has 1 N–H and O–H groups in total. The van der Waals surface area contributed by atoms with Crippen LogP contribution in [0.5, 0.6) is 5.75 Å². The zero-order chi connectivity index (χ0) is 13.8. The first-order valence-electron chi connectivity index (χ1n) is 6.39. The highest BCUT2D eigenvalue weighted by Gasteiger charge is 2.20. The Morgan fingerprint density at radius 3 is 3.00 bits per heavy atom. The number of phenolic OH excluding ortho intramolecular Hbond substituents is 1. The van der Waals surface area contributed by atoms with E-state index >= 15 is 0 Å². The first-order valence-corrected chi connectivity index (χ1v) is 7.19. The molecule has 0 aromatic heterocycles. The van der Waals surface area contributed by atoms with Crippen molar-refractivity contribution in [1.29, 1.82) is 0 Å². The first kappa shape index (κ1) is 14.3. The van der Waals surface area contributed by atoms with E-state index in [4.69, 9.17) is 4.74 Å². The molecule has 1 saturated heterocycles. The van der Waals surface area contributed by atoms with Crippen LogP contribution in [0.3, 0.4) is 0 Å². The summed E-state index contributed by atoms with van der Waals surface area (Å²) in [7, 11) is 1.79. The highest BCUT2D eigenvalue weighted by Crippen LogP contribution is 2.25. The Morgan fingerprint density at radius 2 is 2.37 bits per heavy atom. The Bertz CT molecular complexity index is 458. The summed E-state index contributed by atoms with van der Waals surface area (Å²) >= 11 is 3.20. The molecule has 1 aromatic carbocycles. The molecule has 1 fully saturated rings. The minimum absolute atomic E-state index is 0.0756. The third-order valence-electron chi connectivity index (χ3n) is 3.33. The third kappa shape index (κ3) is 3.70. The molecule has 2 rings (SSSR count). The van der Waals surface area contributed by atoms with Gasteiger partial charge in [-0.2, -0.15) is 0 Å². The van der Waals surface area contributed by atoms with Crippen LogP contribution in [0.1, 0.15) is 23.2 Å². The van der Waals surface area contributed by atoms with Crippen LogP contribution in [0.4, 0.5) is 0 Å². The molecule has 0 radical (unpaired) electrons. The van der Waals surface area contributed by atoms with Crippen molar-refractivity contribution in [3.63, 3.8) is 0 Å². The maximum atomic E-state index is 12.2. The molecule has 5 heteroatoms. The smallest absolute Gasteiger partial charge is 0.253 e. The average Bonchev–Trinajstić information content (AvgIpc) is 2.42. The molecular formula is C14H18BrNO3. The summed E-state index contributed by atoms with van der Waals surface area (Å²) in [6.07, 6.45) is 2.16. The summed E-state index contributed by atoms with van der Waals surface area (Å²) < 4.78 is 6.01. The number of hydrogen-bond donors (Lipinski definition) is 1. The zero-order valence-corrected chi connectivity index (χ0v) is 12.5. The van der Waals surface area contributed by atoms with Crippen molar-refractivity contribution < 1.29 is 14.6 Å². The molecule has 1 heterocycles. The van der Waals surface area contributed by atoms with Gasteiger partial charge in [0.15, 0.2) is 0 Å². The van der Waals surface area contributed by atoms with E-state index in [1.54, 1.807) is 24.1 Å². The number of rotatable bonds is 3. The molecule has 1 amide bonds. The number of hydrogen-bond acceptors (Lipinski definition) is 3. The number of phenols is 1. The van der Waals surface area contributed by atoms with Crippen LogP contribution < -0.4 is 0 Å². The van der Waals surface area contributed by atoms with Gasteiger partial charge in [-0.25, -0.2) is 0 Å². The van der Waals surface area contributed by atoms with Gasteiger partial charge in [-0.3, -0.25) is 4.79 Å². The number of carbonyl (C=O) groups excluding carboxylic acids is 1. The predicted octanol–water partition coefficient (Wildman–Crippen LogP) is 2.65. The molecule has 1 aliphatic heterocycles. The molecule has 0 aliphatic carbocycles. The minimum atomic E-state index is -0.0756. The number of ether oxygens (including phenoxy) is 1. The Labute approximate surface area is 121 Å². The van der Waals surface area contributed by atoms with E-state index in [9.17, 15) is 9.90 Å². The van der Waals surface area contributed by atoms with Crippen molar-refractivity contribution in [3.8, 4) is 5.75 Å². The van der Waals surface area contributed by atoms with Crippen molar-refractivity contribution in [1.82, 2.24) is 4.90 Å². The summed E-state index contributed by atoms with van der Waals surface area (Å²) in [5.74, 6) is 0.417. The lowest BCUT2D eigenvalue weighted by molar-refractivity contribution is 0.0388. The topological polar surface area (TPSA) is 49.8 Å². The van der Waals surface area contributed by atoms with Crippen LogP contribution in [0.2, 0.25) is 0 Å². The Balaban J connectivity index is 1.99. The van der Waals surface area contributed by atoms with Crippen LogP contribution in [0.15, 0.2) is 22.7 Å². The number of amides is 1. The maximum absolute atomic E-state index is 12.2. The lowest BCUT2D eigenvalue weighted by Gasteiger charge is -2.27. The molecule has 0 spiro atoms. The standard InChI is InChI=1S/C14H18BrNO3/c1-16(8-10-3-2-6-19-9-10)14(18)11-4-5-12(15)13(17)7-11/h4-5,7,10,17H,2-3,6,8-9H2,1H3. The number of halogens is 1. The van der Waals surface area contributed by atoms with Gasteiger partial charge in [-0.05, 0) is 52.9 Å². The summed E-state index contributed by atoms with van der Waals surface area (Å²) in [4.78, 5) is 13.9. The number of nitrogens with zero attached hydrogens (tertiary/aromatic N) is 1. The fourth-order valence-corrected chi connectivity index (χ4v) is 2.53. The van der Waals surface area contributed by atoms with E-state index in [1.807, 2.05) is 0 Å². The van der Waals surface area contributed by atoms with Gasteiger partial charge in [0.25, 0.3) is 5.91 Å². The predicted molar refractivity (Wildman–Crippen MR) is 76.3 cm³/mol. The Hall–Kier alpha value is -1.07. The van der Waals surface area contributed by atoms with Crippen molar-refractivity contribution in [2.45, 2.75) is 12.8 Å². The van der Waals surface area contributed by atoms with Gasteiger partial charge in [0.1, 0.15) is 5.75 Å². The van der Waals surface area contributed by atoms with Gasteiger partial charge in [-0.1, -0.05) is 0 Å². The van der Waals surface area contributed by atoms with Crippen molar-refractivity contribution >= 4 is 21.8 Å². The molecule has 0 bridgehead atoms. The SMILES string of the molecule is CN(CC1CCCOC1)C(=O)c1ccc(Br)c(O)c1. The van der Waals surface area contributed by atoms with Crippen LogP contribution in [0.25, 0.3) is 0 Å². The van der Waals surface area contributed by atoms with E-state index in [0.29, 0.717) is 22.5 Å². The van der Waals surface area contributed by atoms with Crippen LogP contribution in [-0.4, -0.2) is 42.7 Å². The fraction of sp³-hybridized carbons (Fsp3) is 0.500. The zero-order valence-electron chi connectivity index (χ0n) is 10.9. The molecule has 0 saturated carbocycles. The van der Waals surface area contributed by atoms with E-state index in [1.165, 1.54) is 6.07 Å². The van der Waals surface area contributed by atoms with Gasteiger partial charge in [-0.15, -0.1) is 0 Å². The number of aromatic hydroxyl groups is 1. The second kappa shape index (κ2) is 6.39. The van der Waals surface area contributed by atoms with E-state index in [2.05, 4.69) is 15.9 Å². The minimum Gasteiger partial charge on any atom is -0.507 e. The molecule has 1 atom stereocenters. The highest BCUT2D eigenvalue weighted by molar-refractivity contribution is 9.10. The molecule has 1 unspecified atom stereocenters. The molecular weight excluding hydrogens is 310 g/mol. The largest absolute Gasteiger partial charge is 0.507 e. The van der Waals surface area contributed by atoms with E-state index in [-0.39, 0.29) is 11.7 Å². The Morgan fingerprint density at radius 1 is 1.58 bits per heavy atom. The van der Waals surface area contributed by atoms with E-state index in [0.717, 1.165) is 26.1 Å². The van der Waals surface area contributed by atoms with Gasteiger partial charge in [0.05, 0.1) is 11.1 Å². The van der Waals surface area contributed by atoms with Crippen LogP contribution in [-0.2, 0) is 4.74 Å². The first-order chi connectivity index (χ1) is 9.08. The normalized spacial score (nSPS) is 19.2. The molecule has 1 aromatic rings. The quantitative estimate of drug-likeness (QED) is 0.928. The summed E-state index contributed by atoms with van der Waals surface area (Å²) in [5, 5.41) is 9.61. The monoisotopic (exact) mass is 327 g/mol. The third-order valence-corrected chi connectivity index (χ3v) is 4.00. The van der Waals surface area contributed by atoms with E-state index < -0.39 is 0 Å². The molecule has 104 valence electrons. The highest BCUT2D eigenvalue weighted by atomic mass is 79.9. The summed E-state index contributed by atoms with van der Waals surface area (Å²) in [5.41, 5.74) is 0.500. The molecule has 19 heavy (non-hydrogen) atoms.